The van der Waals surface area contributed by atoms with Gasteiger partial charge in [0.05, 0.1) is 23.0 Å². The van der Waals surface area contributed by atoms with Crippen molar-refractivity contribution in [2.75, 3.05) is 12.5 Å². The highest BCUT2D eigenvalue weighted by atomic mass is 32.1. The Morgan fingerprint density at radius 2 is 1.96 bits per heavy atom. The third-order valence-electron chi connectivity index (χ3n) is 3.42. The fourth-order valence-corrected chi connectivity index (χ4v) is 3.00. The number of nitrogens with zero attached hydrogens (tertiary/aromatic N) is 4. The number of hydrogen-bond donors (Lipinski definition) is 1. The third kappa shape index (κ3) is 4.39. The largest absolute Gasteiger partial charge is 0.495 e. The summed E-state index contributed by atoms with van der Waals surface area (Å²) in [5, 5.41) is 13.5. The minimum Gasteiger partial charge on any atom is -0.495 e. The lowest BCUT2D eigenvalue weighted by molar-refractivity contribution is 0.416. The molecule has 3 aromatic rings. The summed E-state index contributed by atoms with van der Waals surface area (Å²) in [5.74, 6) is 1.35. The number of hydrazone groups is 1. The number of nitrogens with one attached hydrogen (secondary N) is 1. The summed E-state index contributed by atoms with van der Waals surface area (Å²) in [5.41, 5.74) is 4.72. The van der Waals surface area contributed by atoms with Crippen molar-refractivity contribution in [3.8, 4) is 5.75 Å². The van der Waals surface area contributed by atoms with Crippen LogP contribution in [0.5, 0.6) is 5.75 Å². The molecule has 0 radical (unpaired) electrons. The highest BCUT2D eigenvalue weighted by Gasteiger charge is 2.04. The van der Waals surface area contributed by atoms with Gasteiger partial charge in [-0.1, -0.05) is 42.5 Å². The van der Waals surface area contributed by atoms with Crippen molar-refractivity contribution in [3.05, 3.63) is 48.5 Å². The Morgan fingerprint density at radius 1 is 1.16 bits per heavy atom. The first kappa shape index (κ1) is 17.0. The maximum Gasteiger partial charge on any atom is 0.231 e. The van der Waals surface area contributed by atoms with Crippen LogP contribution < -0.4 is 10.2 Å². The number of para-hydroxylation sites is 3. The van der Waals surface area contributed by atoms with Crippen molar-refractivity contribution >= 4 is 38.2 Å². The summed E-state index contributed by atoms with van der Waals surface area (Å²) in [6.07, 6.45) is 1.64. The molecule has 1 aromatic heterocycles. The lowest BCUT2D eigenvalue weighted by atomic mass is 10.3. The van der Waals surface area contributed by atoms with E-state index in [0.29, 0.717) is 11.0 Å². The van der Waals surface area contributed by atoms with E-state index < -0.39 is 0 Å². The molecule has 0 atom stereocenters. The molecule has 3 rings (SSSR count). The number of anilines is 1. The molecule has 0 aliphatic rings. The minimum absolute atomic E-state index is 0.618. The first-order valence-corrected chi connectivity index (χ1v) is 8.84. The van der Waals surface area contributed by atoms with Gasteiger partial charge in [-0.25, -0.2) is 4.98 Å². The Balaban J connectivity index is 1.78. The van der Waals surface area contributed by atoms with E-state index in [4.69, 9.17) is 4.74 Å². The van der Waals surface area contributed by atoms with Crippen LogP contribution in [0.4, 0.5) is 10.8 Å². The number of rotatable bonds is 6. The zero-order valence-electron chi connectivity index (χ0n) is 14.1. The molecule has 25 heavy (non-hydrogen) atoms. The van der Waals surface area contributed by atoms with Gasteiger partial charge >= 0.3 is 0 Å². The van der Waals surface area contributed by atoms with Crippen molar-refractivity contribution in [2.45, 2.75) is 19.8 Å². The van der Waals surface area contributed by atoms with Crippen LogP contribution in [0.15, 0.2) is 63.9 Å². The summed E-state index contributed by atoms with van der Waals surface area (Å²) in [6, 6.07) is 15.5. The number of fused-ring (bicyclic) bond motifs is 1. The molecule has 2 aromatic carbocycles. The lowest BCUT2D eigenvalue weighted by Crippen LogP contribution is -2.00. The topological polar surface area (TPSA) is 71.2 Å². The molecule has 1 N–H and O–H groups in total. The van der Waals surface area contributed by atoms with Crippen LogP contribution in [0.1, 0.15) is 19.8 Å². The van der Waals surface area contributed by atoms with E-state index in [1.165, 1.54) is 11.3 Å². The van der Waals surface area contributed by atoms with Crippen LogP contribution >= 0.6 is 11.3 Å². The van der Waals surface area contributed by atoms with E-state index in [0.717, 1.165) is 34.5 Å². The first-order chi connectivity index (χ1) is 12.3. The number of benzene rings is 2. The number of hydrogen-bond acceptors (Lipinski definition) is 6. The fraction of sp³-hybridized carbons (Fsp3) is 0.222. The Bertz CT molecular complexity index is 870. The maximum absolute atomic E-state index is 5.31. The van der Waals surface area contributed by atoms with E-state index in [1.54, 1.807) is 7.11 Å². The van der Waals surface area contributed by atoms with Crippen LogP contribution in [0.25, 0.3) is 10.2 Å². The second-order valence-corrected chi connectivity index (χ2v) is 6.26. The van der Waals surface area contributed by atoms with Crippen LogP contribution in [0.3, 0.4) is 0 Å². The van der Waals surface area contributed by atoms with Crippen LogP contribution in [-0.4, -0.2) is 17.9 Å². The predicted octanol–water partition coefficient (Wildman–Crippen LogP) is 5.61. The monoisotopic (exact) mass is 353 g/mol. The van der Waals surface area contributed by atoms with Gasteiger partial charge in [0.15, 0.2) is 5.84 Å². The average molecular weight is 353 g/mol. The number of aromatic nitrogens is 1. The van der Waals surface area contributed by atoms with Gasteiger partial charge in [-0.05, 0) is 30.7 Å². The predicted molar refractivity (Wildman–Crippen MR) is 103 cm³/mol. The molecular weight excluding hydrogens is 334 g/mol. The van der Waals surface area contributed by atoms with Crippen molar-refractivity contribution in [3.63, 3.8) is 0 Å². The second-order valence-electron chi connectivity index (χ2n) is 5.25. The number of amidine groups is 1. The molecule has 0 unspecified atom stereocenters. The first-order valence-electron chi connectivity index (χ1n) is 8.03. The minimum atomic E-state index is 0.618. The van der Waals surface area contributed by atoms with Gasteiger partial charge < -0.3 is 4.74 Å². The summed E-state index contributed by atoms with van der Waals surface area (Å²) < 4.78 is 6.40. The fourth-order valence-electron chi connectivity index (χ4n) is 2.22. The smallest absolute Gasteiger partial charge is 0.231 e. The van der Waals surface area contributed by atoms with Crippen LogP contribution in [0, 0.1) is 0 Å². The molecule has 0 saturated heterocycles. The third-order valence-corrected chi connectivity index (χ3v) is 4.34. The van der Waals surface area contributed by atoms with Crippen molar-refractivity contribution in [2.24, 2.45) is 15.3 Å². The number of methoxy groups -OCH3 is 1. The zero-order valence-corrected chi connectivity index (χ0v) is 15.0. The lowest BCUT2D eigenvalue weighted by Gasteiger charge is -2.07. The van der Waals surface area contributed by atoms with Gasteiger partial charge in [-0.3, -0.25) is 5.43 Å². The maximum atomic E-state index is 5.31. The molecule has 0 saturated carbocycles. The standard InChI is InChI=1S/C18H19N5OS/c1-3-8-17(21-20-13-9-4-6-11-15(13)24-2)22-23-18-19-14-10-5-7-12-16(14)25-18/h4-7,9-12,20H,3,8H2,1-2H3/b21-17+,23-22?. The highest BCUT2D eigenvalue weighted by molar-refractivity contribution is 7.21. The Hall–Kier alpha value is -2.80. The van der Waals surface area contributed by atoms with Gasteiger partial charge in [-0.2, -0.15) is 5.10 Å². The normalized spacial score (nSPS) is 12.0. The Labute approximate surface area is 150 Å². The van der Waals surface area contributed by atoms with Gasteiger partial charge in [-0.15, -0.1) is 10.2 Å². The summed E-state index contributed by atoms with van der Waals surface area (Å²) >= 11 is 1.51. The highest BCUT2D eigenvalue weighted by Crippen LogP contribution is 2.28. The number of thiazole rings is 1. The van der Waals surface area contributed by atoms with Crippen molar-refractivity contribution in [1.82, 2.24) is 4.98 Å². The summed E-state index contributed by atoms with van der Waals surface area (Å²) in [6.45, 7) is 2.08. The molecule has 0 fully saturated rings. The van der Waals surface area contributed by atoms with Gasteiger partial charge in [0.2, 0.25) is 5.13 Å². The molecule has 0 amide bonds. The van der Waals surface area contributed by atoms with Crippen molar-refractivity contribution < 1.29 is 4.74 Å². The van der Waals surface area contributed by atoms with Gasteiger partial charge in [0.25, 0.3) is 0 Å². The molecule has 0 bridgehead atoms. The van der Waals surface area contributed by atoms with E-state index in [2.05, 4.69) is 32.7 Å². The molecular formula is C18H19N5OS. The molecule has 0 spiro atoms. The van der Waals surface area contributed by atoms with Crippen LogP contribution in [0.2, 0.25) is 0 Å². The van der Waals surface area contributed by atoms with E-state index in [-0.39, 0.29) is 0 Å². The molecule has 6 nitrogen and oxygen atoms in total. The summed E-state index contributed by atoms with van der Waals surface area (Å²) in [7, 11) is 1.63. The summed E-state index contributed by atoms with van der Waals surface area (Å²) in [4.78, 5) is 4.45. The van der Waals surface area contributed by atoms with E-state index in [1.807, 2.05) is 48.5 Å². The zero-order chi connectivity index (χ0) is 17.5. The second kappa shape index (κ2) is 8.34. The molecule has 7 heteroatoms. The van der Waals surface area contributed by atoms with Crippen LogP contribution in [-0.2, 0) is 0 Å². The van der Waals surface area contributed by atoms with Crippen molar-refractivity contribution in [1.29, 1.82) is 0 Å². The number of ether oxygens (including phenoxy) is 1. The average Bonchev–Trinajstić information content (AvgIpc) is 3.07. The Kier molecular flexibility index (Phi) is 5.69. The Morgan fingerprint density at radius 3 is 2.76 bits per heavy atom. The van der Waals surface area contributed by atoms with E-state index >= 15 is 0 Å². The van der Waals surface area contributed by atoms with Gasteiger partial charge in [0.1, 0.15) is 5.75 Å². The molecule has 0 aliphatic carbocycles. The quantitative estimate of drug-likeness (QED) is 0.271. The molecule has 128 valence electrons. The molecule has 1 heterocycles. The number of azo groups is 1. The molecule has 0 aliphatic heterocycles. The van der Waals surface area contributed by atoms with Gasteiger partial charge in [0, 0.05) is 6.42 Å². The SMILES string of the molecule is CCC/C(N=Nc1nc2ccccc2s1)=N\Nc1ccccc1OC. The van der Waals surface area contributed by atoms with E-state index in [9.17, 15) is 0 Å².